The zero-order valence-electron chi connectivity index (χ0n) is 9.60. The first-order chi connectivity index (χ1) is 8.83. The molecule has 0 saturated heterocycles. The number of hydrogen-bond acceptors (Lipinski definition) is 1. The first-order valence-corrected chi connectivity index (χ1v) is 5.70. The van der Waals surface area contributed by atoms with Crippen molar-refractivity contribution >= 4 is 23.1 Å². The summed E-state index contributed by atoms with van der Waals surface area (Å²) in [4.78, 5) is 0. The van der Waals surface area contributed by atoms with Crippen LogP contribution in [0.25, 0.3) is 23.1 Å². The summed E-state index contributed by atoms with van der Waals surface area (Å²) >= 11 is 0. The van der Waals surface area contributed by atoms with Crippen LogP contribution in [-0.2, 0) is 0 Å². The van der Waals surface area contributed by atoms with Crippen molar-refractivity contribution in [1.82, 2.24) is 10.2 Å². The van der Waals surface area contributed by atoms with Crippen molar-refractivity contribution in [2.75, 3.05) is 0 Å². The second-order valence-electron chi connectivity index (χ2n) is 4.04. The summed E-state index contributed by atoms with van der Waals surface area (Å²) in [5.41, 5.74) is 2.63. The molecule has 0 radical (unpaired) electrons. The maximum Gasteiger partial charge on any atom is 0.125 e. The maximum absolute atomic E-state index is 13.0. The number of hydrogen-bond donors (Lipinski definition) is 1. The van der Waals surface area contributed by atoms with Gasteiger partial charge in [-0.15, -0.1) is 0 Å². The molecule has 1 aromatic heterocycles. The molecule has 0 saturated carbocycles. The lowest BCUT2D eigenvalue weighted by atomic mass is 10.1. The number of aromatic amines is 1. The minimum absolute atomic E-state index is 0.260. The zero-order valence-corrected chi connectivity index (χ0v) is 9.60. The average Bonchev–Trinajstić information content (AvgIpc) is 2.80. The van der Waals surface area contributed by atoms with E-state index in [1.54, 1.807) is 6.07 Å². The van der Waals surface area contributed by atoms with E-state index in [4.69, 9.17) is 0 Å². The summed E-state index contributed by atoms with van der Waals surface area (Å²) in [5.74, 6) is -0.260. The van der Waals surface area contributed by atoms with E-state index in [1.807, 2.05) is 42.5 Å². The van der Waals surface area contributed by atoms with E-state index < -0.39 is 0 Å². The van der Waals surface area contributed by atoms with Crippen LogP contribution in [0.1, 0.15) is 11.3 Å². The van der Waals surface area contributed by atoms with Crippen molar-refractivity contribution in [3.63, 3.8) is 0 Å². The first kappa shape index (κ1) is 10.7. The Morgan fingerprint density at radius 3 is 2.67 bits per heavy atom. The van der Waals surface area contributed by atoms with Crippen LogP contribution in [0.5, 0.6) is 0 Å². The highest BCUT2D eigenvalue weighted by Gasteiger charge is 2.03. The van der Waals surface area contributed by atoms with Crippen molar-refractivity contribution in [3.05, 3.63) is 65.6 Å². The third-order valence-electron chi connectivity index (χ3n) is 2.79. The molecule has 0 aliphatic carbocycles. The highest BCUT2D eigenvalue weighted by Crippen LogP contribution is 2.18. The van der Waals surface area contributed by atoms with Crippen LogP contribution < -0.4 is 0 Å². The zero-order chi connectivity index (χ0) is 12.4. The lowest BCUT2D eigenvalue weighted by Crippen LogP contribution is -1.74. The summed E-state index contributed by atoms with van der Waals surface area (Å²) in [6, 6.07) is 14.6. The van der Waals surface area contributed by atoms with Crippen molar-refractivity contribution in [2.45, 2.75) is 0 Å². The van der Waals surface area contributed by atoms with Gasteiger partial charge in [0.05, 0.1) is 11.2 Å². The third kappa shape index (κ3) is 2.02. The van der Waals surface area contributed by atoms with E-state index in [0.717, 1.165) is 16.6 Å². The van der Waals surface area contributed by atoms with Gasteiger partial charge in [0.25, 0.3) is 0 Å². The molecule has 0 spiro atoms. The average molecular weight is 238 g/mol. The number of fused-ring (bicyclic) bond motifs is 1. The van der Waals surface area contributed by atoms with Gasteiger partial charge in [0.1, 0.15) is 5.82 Å². The Morgan fingerprint density at radius 1 is 1.00 bits per heavy atom. The van der Waals surface area contributed by atoms with Crippen molar-refractivity contribution < 1.29 is 4.39 Å². The SMILES string of the molecule is Fc1ccc2c(/C=C/c3ccccc3)n[nH]c2c1. The van der Waals surface area contributed by atoms with Crippen LogP contribution in [0.2, 0.25) is 0 Å². The van der Waals surface area contributed by atoms with E-state index in [9.17, 15) is 4.39 Å². The molecular formula is C15H11FN2. The first-order valence-electron chi connectivity index (χ1n) is 5.70. The number of benzene rings is 2. The number of halogens is 1. The van der Waals surface area contributed by atoms with Crippen LogP contribution in [0, 0.1) is 5.82 Å². The summed E-state index contributed by atoms with van der Waals surface area (Å²) in [6.07, 6.45) is 3.91. The fraction of sp³-hybridized carbons (Fsp3) is 0. The molecule has 0 unspecified atom stereocenters. The van der Waals surface area contributed by atoms with Gasteiger partial charge in [0.2, 0.25) is 0 Å². The molecular weight excluding hydrogens is 227 g/mol. The predicted octanol–water partition coefficient (Wildman–Crippen LogP) is 3.87. The fourth-order valence-corrected chi connectivity index (χ4v) is 1.88. The summed E-state index contributed by atoms with van der Waals surface area (Å²) < 4.78 is 13.0. The molecule has 0 aliphatic heterocycles. The molecule has 88 valence electrons. The van der Waals surface area contributed by atoms with Gasteiger partial charge < -0.3 is 0 Å². The second-order valence-corrected chi connectivity index (χ2v) is 4.04. The van der Waals surface area contributed by atoms with E-state index in [-0.39, 0.29) is 5.82 Å². The summed E-state index contributed by atoms with van der Waals surface area (Å²) in [5, 5.41) is 7.92. The van der Waals surface area contributed by atoms with Gasteiger partial charge in [-0.05, 0) is 29.8 Å². The van der Waals surface area contributed by atoms with Gasteiger partial charge in [-0.2, -0.15) is 5.10 Å². The number of nitrogens with zero attached hydrogens (tertiary/aromatic N) is 1. The topological polar surface area (TPSA) is 28.7 Å². The molecule has 1 heterocycles. The standard InChI is InChI=1S/C15H11FN2/c16-12-7-8-13-14(17-18-15(13)10-12)9-6-11-4-2-1-3-5-11/h1-10H,(H,17,18)/b9-6+. The van der Waals surface area contributed by atoms with Gasteiger partial charge in [-0.3, -0.25) is 5.10 Å². The lowest BCUT2D eigenvalue weighted by molar-refractivity contribution is 0.629. The van der Waals surface area contributed by atoms with Crippen molar-refractivity contribution in [2.24, 2.45) is 0 Å². The monoisotopic (exact) mass is 238 g/mol. The van der Waals surface area contributed by atoms with E-state index in [0.29, 0.717) is 5.52 Å². The Balaban J connectivity index is 1.98. The van der Waals surface area contributed by atoms with E-state index in [2.05, 4.69) is 10.2 Å². The maximum atomic E-state index is 13.0. The largest absolute Gasteiger partial charge is 0.277 e. The van der Waals surface area contributed by atoms with Crippen LogP contribution in [0.15, 0.2) is 48.5 Å². The lowest BCUT2D eigenvalue weighted by Gasteiger charge is -1.92. The third-order valence-corrected chi connectivity index (χ3v) is 2.79. The fourth-order valence-electron chi connectivity index (χ4n) is 1.88. The molecule has 3 heteroatoms. The molecule has 0 atom stereocenters. The van der Waals surface area contributed by atoms with E-state index in [1.165, 1.54) is 12.1 Å². The molecule has 0 aliphatic rings. The molecule has 0 amide bonds. The number of rotatable bonds is 2. The van der Waals surface area contributed by atoms with Crippen molar-refractivity contribution in [3.8, 4) is 0 Å². The van der Waals surface area contributed by atoms with Crippen LogP contribution in [0.4, 0.5) is 4.39 Å². The second kappa shape index (κ2) is 4.45. The Labute approximate surface area is 104 Å². The molecule has 0 fully saturated rings. The molecule has 1 N–H and O–H groups in total. The molecule has 0 bridgehead atoms. The van der Waals surface area contributed by atoms with Crippen LogP contribution in [0.3, 0.4) is 0 Å². The molecule has 18 heavy (non-hydrogen) atoms. The molecule has 3 aromatic rings. The highest BCUT2D eigenvalue weighted by atomic mass is 19.1. The van der Waals surface area contributed by atoms with Gasteiger partial charge in [0.15, 0.2) is 0 Å². The Hall–Kier alpha value is -2.42. The van der Waals surface area contributed by atoms with Gasteiger partial charge >= 0.3 is 0 Å². The Kier molecular flexibility index (Phi) is 2.65. The smallest absolute Gasteiger partial charge is 0.125 e. The van der Waals surface area contributed by atoms with E-state index >= 15 is 0 Å². The molecule has 2 nitrogen and oxygen atoms in total. The summed E-state index contributed by atoms with van der Waals surface area (Å²) in [7, 11) is 0. The van der Waals surface area contributed by atoms with Gasteiger partial charge in [-0.25, -0.2) is 4.39 Å². The number of nitrogens with one attached hydrogen (secondary N) is 1. The Bertz CT molecular complexity index is 699. The molecule has 3 rings (SSSR count). The summed E-state index contributed by atoms with van der Waals surface area (Å²) in [6.45, 7) is 0. The van der Waals surface area contributed by atoms with Crippen LogP contribution in [-0.4, -0.2) is 10.2 Å². The number of aromatic nitrogens is 2. The molecule has 2 aromatic carbocycles. The van der Waals surface area contributed by atoms with Crippen molar-refractivity contribution in [1.29, 1.82) is 0 Å². The predicted molar refractivity (Wildman–Crippen MR) is 71.4 cm³/mol. The number of H-pyrrole nitrogens is 1. The quantitative estimate of drug-likeness (QED) is 0.721. The minimum Gasteiger partial charge on any atom is -0.277 e. The Morgan fingerprint density at radius 2 is 1.83 bits per heavy atom. The highest BCUT2D eigenvalue weighted by molar-refractivity contribution is 5.89. The van der Waals surface area contributed by atoms with Crippen LogP contribution >= 0.6 is 0 Å². The van der Waals surface area contributed by atoms with Gasteiger partial charge in [-0.1, -0.05) is 36.4 Å². The van der Waals surface area contributed by atoms with Gasteiger partial charge in [0, 0.05) is 5.39 Å². The minimum atomic E-state index is -0.260. The normalized spacial score (nSPS) is 11.4.